The first-order valence-corrected chi connectivity index (χ1v) is 11.2. The van der Waals surface area contributed by atoms with Crippen molar-refractivity contribution in [2.24, 2.45) is 0 Å². The van der Waals surface area contributed by atoms with Gasteiger partial charge in [0.05, 0.1) is 37.6 Å². The molecule has 8 heteroatoms. The molecule has 0 aromatic rings. The Morgan fingerprint density at radius 1 is 1.00 bits per heavy atom. The summed E-state index contributed by atoms with van der Waals surface area (Å²) in [6.07, 6.45) is 1.80. The average Bonchev–Trinajstić information content (AvgIpc) is 2.99. The van der Waals surface area contributed by atoms with Crippen LogP contribution in [0, 0.1) is 0 Å². The van der Waals surface area contributed by atoms with Gasteiger partial charge in [0, 0.05) is 33.7 Å². The van der Waals surface area contributed by atoms with Crippen molar-refractivity contribution >= 4 is 18.3 Å². The van der Waals surface area contributed by atoms with E-state index in [-0.39, 0.29) is 36.6 Å². The minimum absolute atomic E-state index is 0.0519. The molecule has 0 saturated carbocycles. The molecule has 0 N–H and O–H groups in total. The first-order chi connectivity index (χ1) is 10.8. The molecule has 2 rings (SSSR count). The second kappa shape index (κ2) is 8.68. The van der Waals surface area contributed by atoms with E-state index >= 15 is 0 Å². The van der Waals surface area contributed by atoms with Gasteiger partial charge in [0.2, 0.25) is 0 Å². The van der Waals surface area contributed by atoms with Gasteiger partial charge in [-0.3, -0.25) is 0 Å². The fraction of sp³-hybridized carbons (Fsp3) is 1.00. The topological polar surface area (TPSA) is 55.4 Å². The number of rotatable bonds is 8. The Morgan fingerprint density at radius 3 is 2.13 bits per heavy atom. The van der Waals surface area contributed by atoms with Gasteiger partial charge >= 0.3 is 0 Å². The second-order valence-electron chi connectivity index (χ2n) is 6.38. The van der Waals surface area contributed by atoms with Gasteiger partial charge in [-0.05, 0) is 25.7 Å². The SMILES string of the molecule is COC[C@H]1O[C@@H](C)C[C@H]1OP(C)(=S)OC[C@H]1O[C@@H](C)C[C@H]1OC. The Hall–Kier alpha value is 0.410. The molecular weight excluding hydrogens is 339 g/mol. The van der Waals surface area contributed by atoms with E-state index in [4.69, 9.17) is 39.8 Å². The van der Waals surface area contributed by atoms with Crippen molar-refractivity contribution in [1.82, 2.24) is 0 Å². The summed E-state index contributed by atoms with van der Waals surface area (Å²) in [5.74, 6) is 0. The van der Waals surface area contributed by atoms with Gasteiger partial charge in [-0.1, -0.05) is 0 Å². The van der Waals surface area contributed by atoms with Crippen LogP contribution in [0.15, 0.2) is 0 Å². The van der Waals surface area contributed by atoms with Crippen LogP contribution in [-0.4, -0.2) is 70.7 Å². The lowest BCUT2D eigenvalue weighted by molar-refractivity contribution is -0.0341. The summed E-state index contributed by atoms with van der Waals surface area (Å²) < 4.78 is 34.3. The Labute approximate surface area is 144 Å². The molecule has 7 atom stereocenters. The first-order valence-electron chi connectivity index (χ1n) is 8.07. The standard InChI is InChI=1S/C15H29O6PS/c1-10-6-12(17-4)15(20-10)9-18-22(5,23)21-13-7-11(2)19-14(13)8-16-3/h10-15H,6-9H2,1-5H3/t10-,11-,12+,13+,14+,15+,22?/m0/s1. The molecule has 1 unspecified atom stereocenters. The molecule has 2 fully saturated rings. The lowest BCUT2D eigenvalue weighted by Gasteiger charge is -2.27. The van der Waals surface area contributed by atoms with E-state index in [2.05, 4.69) is 0 Å². The van der Waals surface area contributed by atoms with E-state index in [0.717, 1.165) is 12.8 Å². The summed E-state index contributed by atoms with van der Waals surface area (Å²) in [4.78, 5) is 0. The monoisotopic (exact) mass is 368 g/mol. The largest absolute Gasteiger partial charge is 0.382 e. The van der Waals surface area contributed by atoms with Gasteiger partial charge in [-0.2, -0.15) is 0 Å². The van der Waals surface area contributed by atoms with Crippen molar-refractivity contribution in [2.45, 2.75) is 63.3 Å². The Kier molecular flexibility index (Phi) is 7.44. The molecule has 23 heavy (non-hydrogen) atoms. The van der Waals surface area contributed by atoms with Crippen molar-refractivity contribution in [3.05, 3.63) is 0 Å². The van der Waals surface area contributed by atoms with Crippen LogP contribution in [0.4, 0.5) is 0 Å². The van der Waals surface area contributed by atoms with Crippen LogP contribution in [0.5, 0.6) is 0 Å². The molecule has 2 heterocycles. The van der Waals surface area contributed by atoms with Crippen LogP contribution in [0.3, 0.4) is 0 Å². The Bertz CT molecular complexity index is 423. The van der Waals surface area contributed by atoms with Crippen molar-refractivity contribution in [3.63, 3.8) is 0 Å². The quantitative estimate of drug-likeness (QED) is 0.610. The number of hydrogen-bond acceptors (Lipinski definition) is 7. The van der Waals surface area contributed by atoms with Gasteiger partial charge in [0.15, 0.2) is 6.49 Å². The molecule has 0 aliphatic carbocycles. The predicted molar refractivity (Wildman–Crippen MR) is 91.6 cm³/mol. The fourth-order valence-corrected chi connectivity index (χ4v) is 4.85. The molecule has 136 valence electrons. The second-order valence-corrected chi connectivity index (χ2v) is 10.4. The van der Waals surface area contributed by atoms with E-state index in [1.54, 1.807) is 14.2 Å². The lowest BCUT2D eigenvalue weighted by Crippen LogP contribution is -2.30. The molecule has 0 bridgehead atoms. The summed E-state index contributed by atoms with van der Waals surface area (Å²) >= 11 is 5.57. The molecule has 2 aliphatic heterocycles. The third kappa shape index (κ3) is 5.72. The van der Waals surface area contributed by atoms with Gasteiger partial charge in [-0.25, -0.2) is 0 Å². The van der Waals surface area contributed by atoms with Gasteiger partial charge in [0.25, 0.3) is 0 Å². The Morgan fingerprint density at radius 2 is 1.57 bits per heavy atom. The van der Waals surface area contributed by atoms with E-state index in [0.29, 0.717) is 13.2 Å². The zero-order valence-corrected chi connectivity index (χ0v) is 16.3. The highest BCUT2D eigenvalue weighted by Crippen LogP contribution is 2.48. The van der Waals surface area contributed by atoms with Crippen LogP contribution in [-0.2, 0) is 39.8 Å². The highest BCUT2D eigenvalue weighted by molar-refractivity contribution is 8.09. The first kappa shape index (κ1) is 19.7. The van der Waals surface area contributed by atoms with Crippen molar-refractivity contribution in [2.75, 3.05) is 34.1 Å². The molecule has 6 nitrogen and oxygen atoms in total. The summed E-state index contributed by atoms with van der Waals surface area (Å²) in [6.45, 7) is 4.45. The minimum Gasteiger partial charge on any atom is -0.382 e. The van der Waals surface area contributed by atoms with Gasteiger partial charge in [0.1, 0.15) is 12.2 Å². The third-order valence-electron chi connectivity index (χ3n) is 4.21. The lowest BCUT2D eigenvalue weighted by atomic mass is 10.1. The van der Waals surface area contributed by atoms with Crippen LogP contribution in [0.1, 0.15) is 26.7 Å². The molecule has 0 aromatic carbocycles. The highest BCUT2D eigenvalue weighted by atomic mass is 32.5. The molecule has 2 aliphatic rings. The summed E-state index contributed by atoms with van der Waals surface area (Å²) in [6, 6.07) is 0. The zero-order chi connectivity index (χ0) is 17.0. The molecule has 0 aromatic heterocycles. The molecule has 2 saturated heterocycles. The molecular formula is C15H29O6PS. The van der Waals surface area contributed by atoms with E-state index in [9.17, 15) is 0 Å². The minimum atomic E-state index is -2.38. The number of methoxy groups -OCH3 is 2. The van der Waals surface area contributed by atoms with Gasteiger partial charge < -0.3 is 28.0 Å². The van der Waals surface area contributed by atoms with E-state index in [1.165, 1.54) is 0 Å². The maximum Gasteiger partial charge on any atom is 0.186 e. The molecule has 0 radical (unpaired) electrons. The predicted octanol–water partition coefficient (Wildman–Crippen LogP) is 2.34. The molecule has 0 amide bonds. The van der Waals surface area contributed by atoms with Gasteiger partial charge in [-0.15, -0.1) is 0 Å². The Balaban J connectivity index is 1.85. The zero-order valence-electron chi connectivity index (χ0n) is 14.6. The molecule has 0 spiro atoms. The maximum atomic E-state index is 6.09. The smallest absolute Gasteiger partial charge is 0.186 e. The van der Waals surface area contributed by atoms with E-state index < -0.39 is 6.49 Å². The summed E-state index contributed by atoms with van der Waals surface area (Å²) in [5.41, 5.74) is 0. The summed E-state index contributed by atoms with van der Waals surface area (Å²) in [5, 5.41) is 0. The fourth-order valence-electron chi connectivity index (χ4n) is 3.14. The van der Waals surface area contributed by atoms with E-state index in [1.807, 2.05) is 20.5 Å². The van der Waals surface area contributed by atoms with Crippen molar-refractivity contribution in [1.29, 1.82) is 0 Å². The average molecular weight is 368 g/mol. The van der Waals surface area contributed by atoms with Crippen LogP contribution in [0.25, 0.3) is 0 Å². The number of ether oxygens (including phenoxy) is 4. The highest BCUT2D eigenvalue weighted by Gasteiger charge is 2.38. The van der Waals surface area contributed by atoms with Crippen molar-refractivity contribution in [3.8, 4) is 0 Å². The maximum absolute atomic E-state index is 6.09. The third-order valence-corrected chi connectivity index (χ3v) is 6.05. The summed E-state index contributed by atoms with van der Waals surface area (Å²) in [7, 11) is 3.36. The van der Waals surface area contributed by atoms with Crippen LogP contribution in [0.2, 0.25) is 0 Å². The van der Waals surface area contributed by atoms with Crippen molar-refractivity contribution < 1.29 is 28.0 Å². The van der Waals surface area contributed by atoms with Crippen LogP contribution >= 0.6 is 6.49 Å². The normalized spacial score (nSPS) is 40.4. The number of hydrogen-bond donors (Lipinski definition) is 0. The van der Waals surface area contributed by atoms with Crippen LogP contribution < -0.4 is 0 Å².